The number of rotatable bonds is 4. The predicted molar refractivity (Wildman–Crippen MR) is 82.6 cm³/mol. The van der Waals surface area contributed by atoms with Gasteiger partial charge in [0.1, 0.15) is 20.7 Å². The standard InChI is InChI=1S/C13H10N2O2S3/c1-7(16)5-10-14-8(6-19-10)11-12(17)15-13(20-11)9-3-2-4-18-9/h2-4,6,17H,5H2,1H3. The molecule has 1 N–H and O–H groups in total. The van der Waals surface area contributed by atoms with Crippen LogP contribution >= 0.6 is 34.0 Å². The molecule has 0 atom stereocenters. The van der Waals surface area contributed by atoms with Crippen LogP contribution in [0, 0.1) is 0 Å². The van der Waals surface area contributed by atoms with Crippen molar-refractivity contribution in [2.45, 2.75) is 13.3 Å². The molecule has 20 heavy (non-hydrogen) atoms. The van der Waals surface area contributed by atoms with Crippen molar-refractivity contribution in [1.29, 1.82) is 0 Å². The largest absolute Gasteiger partial charge is 0.492 e. The number of hydrogen-bond donors (Lipinski definition) is 1. The van der Waals surface area contributed by atoms with Crippen LogP contribution in [0.2, 0.25) is 0 Å². The highest BCUT2D eigenvalue weighted by Gasteiger charge is 2.17. The molecule has 0 spiro atoms. The van der Waals surface area contributed by atoms with Gasteiger partial charge in [-0.2, -0.15) is 0 Å². The Balaban J connectivity index is 1.94. The van der Waals surface area contributed by atoms with Gasteiger partial charge in [-0.15, -0.1) is 34.0 Å². The van der Waals surface area contributed by atoms with Gasteiger partial charge in [-0.05, 0) is 18.4 Å². The van der Waals surface area contributed by atoms with Crippen molar-refractivity contribution < 1.29 is 9.90 Å². The average Bonchev–Trinajstić information content (AvgIpc) is 3.07. The highest BCUT2D eigenvalue weighted by Crippen LogP contribution is 2.40. The monoisotopic (exact) mass is 322 g/mol. The smallest absolute Gasteiger partial charge is 0.232 e. The molecule has 4 nitrogen and oxygen atoms in total. The number of nitrogens with zero attached hydrogens (tertiary/aromatic N) is 2. The van der Waals surface area contributed by atoms with E-state index in [9.17, 15) is 9.90 Å². The highest BCUT2D eigenvalue weighted by molar-refractivity contribution is 7.23. The first kappa shape index (κ1) is 13.4. The topological polar surface area (TPSA) is 63.1 Å². The molecule has 3 heterocycles. The number of Topliss-reactive ketones (excluding diaryl/α,β-unsaturated/α-hetero) is 1. The summed E-state index contributed by atoms with van der Waals surface area (Å²) < 4.78 is 0. The van der Waals surface area contributed by atoms with Crippen LogP contribution in [0.5, 0.6) is 5.88 Å². The zero-order valence-electron chi connectivity index (χ0n) is 10.5. The summed E-state index contributed by atoms with van der Waals surface area (Å²) in [4.78, 5) is 21.3. The molecule has 3 aromatic heterocycles. The summed E-state index contributed by atoms with van der Waals surface area (Å²) in [7, 11) is 0. The maximum Gasteiger partial charge on any atom is 0.232 e. The lowest BCUT2D eigenvalue weighted by Gasteiger charge is -1.90. The Kier molecular flexibility index (Phi) is 3.64. The van der Waals surface area contributed by atoms with E-state index >= 15 is 0 Å². The number of ketones is 1. The summed E-state index contributed by atoms with van der Waals surface area (Å²) in [5.74, 6) is 0.0803. The zero-order valence-corrected chi connectivity index (χ0v) is 12.9. The third-order valence-electron chi connectivity index (χ3n) is 2.53. The van der Waals surface area contributed by atoms with Crippen molar-refractivity contribution in [1.82, 2.24) is 9.97 Å². The summed E-state index contributed by atoms with van der Waals surface area (Å²) in [6.45, 7) is 1.54. The fourth-order valence-electron chi connectivity index (χ4n) is 1.69. The average molecular weight is 322 g/mol. The van der Waals surface area contributed by atoms with Crippen molar-refractivity contribution in [3.63, 3.8) is 0 Å². The van der Waals surface area contributed by atoms with Crippen molar-refractivity contribution in [2.24, 2.45) is 0 Å². The molecule has 7 heteroatoms. The van der Waals surface area contributed by atoms with Crippen LogP contribution in [0.4, 0.5) is 0 Å². The van der Waals surface area contributed by atoms with Crippen LogP contribution in [0.25, 0.3) is 20.5 Å². The summed E-state index contributed by atoms with van der Waals surface area (Å²) in [5, 5.41) is 15.3. The predicted octanol–water partition coefficient (Wildman–Crippen LogP) is 3.83. The molecule has 0 aliphatic rings. The van der Waals surface area contributed by atoms with Gasteiger partial charge in [-0.1, -0.05) is 6.07 Å². The maximum absolute atomic E-state index is 11.1. The molecule has 3 aromatic rings. The van der Waals surface area contributed by atoms with Gasteiger partial charge in [-0.25, -0.2) is 9.97 Å². The molecule has 0 aliphatic carbocycles. The maximum atomic E-state index is 11.1. The van der Waals surface area contributed by atoms with E-state index in [2.05, 4.69) is 9.97 Å². The summed E-state index contributed by atoms with van der Waals surface area (Å²) in [6, 6.07) is 3.92. The Bertz CT molecular complexity index is 744. The van der Waals surface area contributed by atoms with Gasteiger partial charge in [0, 0.05) is 5.38 Å². The van der Waals surface area contributed by atoms with Gasteiger partial charge in [-0.3, -0.25) is 4.79 Å². The van der Waals surface area contributed by atoms with Crippen LogP contribution in [0.1, 0.15) is 11.9 Å². The summed E-state index contributed by atoms with van der Waals surface area (Å²) in [5.41, 5.74) is 0.684. The minimum atomic E-state index is -0.00178. The van der Waals surface area contributed by atoms with E-state index in [1.165, 1.54) is 22.7 Å². The molecule has 0 unspecified atom stereocenters. The number of carbonyl (C=O) groups is 1. The van der Waals surface area contributed by atoms with Crippen molar-refractivity contribution in [3.8, 4) is 26.3 Å². The lowest BCUT2D eigenvalue weighted by Crippen LogP contribution is -1.94. The minimum Gasteiger partial charge on any atom is -0.492 e. The van der Waals surface area contributed by atoms with E-state index < -0.39 is 0 Å². The zero-order chi connectivity index (χ0) is 14.1. The van der Waals surface area contributed by atoms with E-state index in [4.69, 9.17) is 0 Å². The minimum absolute atomic E-state index is 0.00178. The Morgan fingerprint density at radius 2 is 2.20 bits per heavy atom. The van der Waals surface area contributed by atoms with Crippen LogP contribution in [0.3, 0.4) is 0 Å². The van der Waals surface area contributed by atoms with Gasteiger partial charge in [0.15, 0.2) is 0 Å². The first-order chi connectivity index (χ1) is 9.63. The molecule has 3 rings (SSSR count). The molecular formula is C13H10N2O2S3. The Morgan fingerprint density at radius 1 is 1.35 bits per heavy atom. The normalized spacial score (nSPS) is 10.8. The quantitative estimate of drug-likeness (QED) is 0.793. The number of thiazole rings is 2. The third kappa shape index (κ3) is 2.65. The number of carbonyl (C=O) groups excluding carboxylic acids is 1. The second kappa shape index (κ2) is 5.43. The molecule has 0 bridgehead atoms. The van der Waals surface area contributed by atoms with E-state index in [1.807, 2.05) is 22.9 Å². The molecule has 0 radical (unpaired) electrons. The van der Waals surface area contributed by atoms with E-state index in [-0.39, 0.29) is 11.7 Å². The lowest BCUT2D eigenvalue weighted by atomic mass is 10.3. The van der Waals surface area contributed by atoms with E-state index in [0.29, 0.717) is 17.0 Å². The molecule has 0 fully saturated rings. The van der Waals surface area contributed by atoms with Crippen molar-refractivity contribution in [2.75, 3.05) is 0 Å². The third-order valence-corrected chi connectivity index (χ3v) is 5.48. The van der Waals surface area contributed by atoms with Crippen molar-refractivity contribution >= 4 is 39.8 Å². The van der Waals surface area contributed by atoms with Crippen LogP contribution < -0.4 is 0 Å². The number of aromatic nitrogens is 2. The van der Waals surface area contributed by atoms with Gasteiger partial charge in [0.2, 0.25) is 5.88 Å². The molecule has 0 aromatic carbocycles. The second-order valence-electron chi connectivity index (χ2n) is 4.15. The number of hydrogen-bond acceptors (Lipinski definition) is 7. The second-order valence-corrected chi connectivity index (χ2v) is 7.04. The SMILES string of the molecule is CC(=O)Cc1nc(-c2sc(-c3cccs3)nc2O)cs1. The van der Waals surface area contributed by atoms with Gasteiger partial charge >= 0.3 is 0 Å². The van der Waals surface area contributed by atoms with Gasteiger partial charge < -0.3 is 5.11 Å². The molecular weight excluding hydrogens is 312 g/mol. The Morgan fingerprint density at radius 3 is 2.90 bits per heavy atom. The Labute approximate surface area is 127 Å². The molecule has 0 amide bonds. The first-order valence-corrected chi connectivity index (χ1v) is 8.39. The van der Waals surface area contributed by atoms with Crippen molar-refractivity contribution in [3.05, 3.63) is 27.9 Å². The molecule has 0 saturated heterocycles. The Hall–Kier alpha value is -1.57. The summed E-state index contributed by atoms with van der Waals surface area (Å²) >= 11 is 4.42. The number of thiophene rings is 1. The molecule has 0 saturated carbocycles. The van der Waals surface area contributed by atoms with Crippen LogP contribution in [0.15, 0.2) is 22.9 Å². The fourth-order valence-corrected chi connectivity index (χ4v) is 4.34. The molecule has 0 aliphatic heterocycles. The van der Waals surface area contributed by atoms with E-state index in [0.717, 1.165) is 14.9 Å². The van der Waals surface area contributed by atoms with Gasteiger partial charge in [0.25, 0.3) is 0 Å². The lowest BCUT2D eigenvalue weighted by molar-refractivity contribution is -0.116. The summed E-state index contributed by atoms with van der Waals surface area (Å²) in [6.07, 6.45) is 0.335. The fraction of sp³-hybridized carbons (Fsp3) is 0.154. The van der Waals surface area contributed by atoms with E-state index in [1.54, 1.807) is 18.3 Å². The van der Waals surface area contributed by atoms with Crippen LogP contribution in [-0.2, 0) is 11.2 Å². The molecule has 102 valence electrons. The first-order valence-electron chi connectivity index (χ1n) is 5.81. The number of aromatic hydroxyl groups is 1. The van der Waals surface area contributed by atoms with Gasteiger partial charge in [0.05, 0.1) is 17.0 Å². The van der Waals surface area contributed by atoms with Crippen LogP contribution in [-0.4, -0.2) is 20.9 Å². The highest BCUT2D eigenvalue weighted by atomic mass is 32.1.